The third kappa shape index (κ3) is 5.62. The van der Waals surface area contributed by atoms with Gasteiger partial charge in [0.15, 0.2) is 0 Å². The van der Waals surface area contributed by atoms with Crippen LogP contribution in [0.1, 0.15) is 11.3 Å². The summed E-state index contributed by atoms with van der Waals surface area (Å²) < 4.78 is 5.69. The van der Waals surface area contributed by atoms with Crippen LogP contribution in [0.3, 0.4) is 0 Å². The Hall–Kier alpha value is -2.76. The van der Waals surface area contributed by atoms with Crippen molar-refractivity contribution in [2.45, 2.75) is 13.2 Å². The number of pyridine rings is 1. The van der Waals surface area contributed by atoms with Crippen LogP contribution in [0.15, 0.2) is 66.9 Å². The van der Waals surface area contributed by atoms with E-state index in [4.69, 9.17) is 27.9 Å². The predicted molar refractivity (Wildman–Crippen MR) is 112 cm³/mol. The first-order valence-corrected chi connectivity index (χ1v) is 9.35. The van der Waals surface area contributed by atoms with Crippen molar-refractivity contribution >= 4 is 34.9 Å². The SMILES string of the molecule is CN(Cc1cccc(Cl)c1)C(=O)Nc1ccc(OCc2ccccn2)c(Cl)c1. The second kappa shape index (κ2) is 9.44. The Morgan fingerprint density at radius 1 is 1.11 bits per heavy atom. The van der Waals surface area contributed by atoms with Gasteiger partial charge in [-0.1, -0.05) is 41.4 Å². The average Bonchev–Trinajstić information content (AvgIpc) is 2.68. The lowest BCUT2D eigenvalue weighted by Gasteiger charge is -2.18. The minimum atomic E-state index is -0.252. The van der Waals surface area contributed by atoms with Crippen LogP contribution < -0.4 is 10.1 Å². The fourth-order valence-corrected chi connectivity index (χ4v) is 2.98. The van der Waals surface area contributed by atoms with Gasteiger partial charge in [-0.2, -0.15) is 0 Å². The number of amides is 2. The second-order valence-electron chi connectivity index (χ2n) is 6.17. The maximum absolute atomic E-state index is 12.4. The summed E-state index contributed by atoms with van der Waals surface area (Å²) in [5, 5.41) is 3.87. The fraction of sp³-hybridized carbons (Fsp3) is 0.143. The lowest BCUT2D eigenvalue weighted by atomic mass is 10.2. The topological polar surface area (TPSA) is 54.5 Å². The van der Waals surface area contributed by atoms with Gasteiger partial charge in [-0.05, 0) is 48.0 Å². The van der Waals surface area contributed by atoms with Gasteiger partial charge in [-0.15, -0.1) is 0 Å². The Morgan fingerprint density at radius 3 is 2.68 bits per heavy atom. The fourth-order valence-electron chi connectivity index (χ4n) is 2.53. The number of benzene rings is 2. The van der Waals surface area contributed by atoms with Crippen molar-refractivity contribution in [1.82, 2.24) is 9.88 Å². The number of nitrogens with one attached hydrogen (secondary N) is 1. The largest absolute Gasteiger partial charge is 0.486 e. The minimum absolute atomic E-state index is 0.252. The molecule has 3 rings (SSSR count). The van der Waals surface area contributed by atoms with E-state index in [-0.39, 0.29) is 6.03 Å². The number of nitrogens with zero attached hydrogens (tertiary/aromatic N) is 2. The molecule has 0 aliphatic rings. The molecule has 1 aromatic heterocycles. The molecular formula is C21H19Cl2N3O2. The number of carbonyl (C=O) groups is 1. The molecule has 0 radical (unpaired) electrons. The van der Waals surface area contributed by atoms with Crippen LogP contribution in [-0.2, 0) is 13.2 Å². The van der Waals surface area contributed by atoms with E-state index in [0.717, 1.165) is 11.3 Å². The van der Waals surface area contributed by atoms with Gasteiger partial charge in [0.1, 0.15) is 12.4 Å². The monoisotopic (exact) mass is 415 g/mol. The molecule has 0 saturated heterocycles. The maximum atomic E-state index is 12.4. The molecule has 0 saturated carbocycles. The van der Waals surface area contributed by atoms with Gasteiger partial charge in [0.05, 0.1) is 10.7 Å². The lowest BCUT2D eigenvalue weighted by Crippen LogP contribution is -2.30. The van der Waals surface area contributed by atoms with Gasteiger partial charge in [0.25, 0.3) is 0 Å². The first-order chi connectivity index (χ1) is 13.5. The molecule has 0 aliphatic carbocycles. The number of aromatic nitrogens is 1. The lowest BCUT2D eigenvalue weighted by molar-refractivity contribution is 0.220. The first kappa shape index (κ1) is 20.0. The molecular weight excluding hydrogens is 397 g/mol. The van der Waals surface area contributed by atoms with Gasteiger partial charge >= 0.3 is 6.03 Å². The van der Waals surface area contributed by atoms with E-state index in [1.54, 1.807) is 42.4 Å². The molecule has 0 bridgehead atoms. The standard InChI is InChI=1S/C21H19Cl2N3O2/c1-26(13-15-5-4-6-16(22)11-15)21(27)25-17-8-9-20(19(23)12-17)28-14-18-7-2-3-10-24-18/h2-12H,13-14H2,1H3,(H,25,27). The van der Waals surface area contributed by atoms with E-state index in [9.17, 15) is 4.79 Å². The zero-order valence-corrected chi connectivity index (χ0v) is 16.7. The van der Waals surface area contributed by atoms with Crippen LogP contribution in [0.25, 0.3) is 0 Å². The number of rotatable bonds is 6. The van der Waals surface area contributed by atoms with Crippen LogP contribution >= 0.6 is 23.2 Å². The molecule has 7 heteroatoms. The summed E-state index contributed by atoms with van der Waals surface area (Å²) in [4.78, 5) is 18.2. The van der Waals surface area contributed by atoms with Gasteiger partial charge in [-0.3, -0.25) is 4.98 Å². The van der Waals surface area contributed by atoms with Crippen molar-refractivity contribution in [3.05, 3.63) is 88.2 Å². The summed E-state index contributed by atoms with van der Waals surface area (Å²) in [5.41, 5.74) is 2.33. The van der Waals surface area contributed by atoms with Gasteiger partial charge in [0, 0.05) is 30.5 Å². The highest BCUT2D eigenvalue weighted by molar-refractivity contribution is 6.32. The molecule has 144 valence electrons. The Bertz CT molecular complexity index is 951. The van der Waals surface area contributed by atoms with Gasteiger partial charge in [0.2, 0.25) is 0 Å². The van der Waals surface area contributed by atoms with Crippen molar-refractivity contribution in [1.29, 1.82) is 0 Å². The Kier molecular flexibility index (Phi) is 6.74. The molecule has 2 amide bonds. The van der Waals surface area contributed by atoms with Crippen molar-refractivity contribution < 1.29 is 9.53 Å². The number of carbonyl (C=O) groups excluding carboxylic acids is 1. The zero-order valence-electron chi connectivity index (χ0n) is 15.2. The van der Waals surface area contributed by atoms with Crippen molar-refractivity contribution in [3.8, 4) is 5.75 Å². The molecule has 2 aromatic carbocycles. The van der Waals surface area contributed by atoms with Crippen molar-refractivity contribution in [3.63, 3.8) is 0 Å². The number of anilines is 1. The number of ether oxygens (including phenoxy) is 1. The summed E-state index contributed by atoms with van der Waals surface area (Å²) in [7, 11) is 1.71. The number of urea groups is 1. The highest BCUT2D eigenvalue weighted by Crippen LogP contribution is 2.28. The molecule has 0 unspecified atom stereocenters. The minimum Gasteiger partial charge on any atom is -0.486 e. The molecule has 0 spiro atoms. The van der Waals surface area contributed by atoms with Crippen molar-refractivity contribution in [2.24, 2.45) is 0 Å². The van der Waals surface area contributed by atoms with E-state index in [1.807, 2.05) is 36.4 Å². The van der Waals surface area contributed by atoms with E-state index in [1.165, 1.54) is 0 Å². The first-order valence-electron chi connectivity index (χ1n) is 8.60. The Morgan fingerprint density at radius 2 is 1.96 bits per heavy atom. The molecule has 28 heavy (non-hydrogen) atoms. The van der Waals surface area contributed by atoms with Gasteiger partial charge in [-0.25, -0.2) is 4.79 Å². The van der Waals surface area contributed by atoms with E-state index in [0.29, 0.717) is 34.6 Å². The van der Waals surface area contributed by atoms with E-state index >= 15 is 0 Å². The predicted octanol–water partition coefficient (Wildman–Crippen LogP) is 5.63. The van der Waals surface area contributed by atoms with Crippen LogP contribution in [0.2, 0.25) is 10.0 Å². The number of halogens is 2. The Balaban J connectivity index is 1.57. The molecule has 0 atom stereocenters. The van der Waals surface area contributed by atoms with Crippen LogP contribution in [0.5, 0.6) is 5.75 Å². The van der Waals surface area contributed by atoms with Crippen LogP contribution in [-0.4, -0.2) is 23.0 Å². The maximum Gasteiger partial charge on any atom is 0.321 e. The molecule has 5 nitrogen and oxygen atoms in total. The Labute approximate surface area is 173 Å². The third-order valence-electron chi connectivity index (χ3n) is 3.94. The zero-order chi connectivity index (χ0) is 19.9. The summed E-state index contributed by atoms with van der Waals surface area (Å²) in [6.45, 7) is 0.750. The van der Waals surface area contributed by atoms with Crippen LogP contribution in [0.4, 0.5) is 10.5 Å². The summed E-state index contributed by atoms with van der Waals surface area (Å²) >= 11 is 12.3. The summed E-state index contributed by atoms with van der Waals surface area (Å²) in [5.74, 6) is 0.526. The highest BCUT2D eigenvalue weighted by atomic mass is 35.5. The van der Waals surface area contributed by atoms with Crippen LogP contribution in [0, 0.1) is 0 Å². The normalized spacial score (nSPS) is 10.4. The highest BCUT2D eigenvalue weighted by Gasteiger charge is 2.11. The smallest absolute Gasteiger partial charge is 0.321 e. The molecule has 1 N–H and O–H groups in total. The van der Waals surface area contributed by atoms with E-state index < -0.39 is 0 Å². The second-order valence-corrected chi connectivity index (χ2v) is 7.01. The average molecular weight is 416 g/mol. The molecule has 3 aromatic rings. The molecule has 1 heterocycles. The third-order valence-corrected chi connectivity index (χ3v) is 4.47. The van der Waals surface area contributed by atoms with E-state index in [2.05, 4.69) is 10.3 Å². The van der Waals surface area contributed by atoms with Crippen molar-refractivity contribution in [2.75, 3.05) is 12.4 Å². The molecule has 0 fully saturated rings. The molecule has 0 aliphatic heterocycles. The number of hydrogen-bond donors (Lipinski definition) is 1. The summed E-state index contributed by atoms with van der Waals surface area (Å²) in [6.07, 6.45) is 1.71. The van der Waals surface area contributed by atoms with Gasteiger partial charge < -0.3 is 15.0 Å². The number of hydrogen-bond acceptors (Lipinski definition) is 3. The quantitative estimate of drug-likeness (QED) is 0.567. The summed E-state index contributed by atoms with van der Waals surface area (Å²) in [6, 6.07) is 17.9.